The Labute approximate surface area is 129 Å². The summed E-state index contributed by atoms with van der Waals surface area (Å²) in [5.41, 5.74) is 0.829. The fourth-order valence-electron chi connectivity index (χ4n) is 2.00. The van der Waals surface area contributed by atoms with Crippen molar-refractivity contribution in [1.82, 2.24) is 9.36 Å². The number of aromatic nitrogens is 2. The van der Waals surface area contributed by atoms with Crippen LogP contribution in [0.25, 0.3) is 11.0 Å². The van der Waals surface area contributed by atoms with E-state index in [2.05, 4.69) is 9.36 Å². The molecule has 21 heavy (non-hydrogen) atoms. The summed E-state index contributed by atoms with van der Waals surface area (Å²) in [4.78, 5) is 15.8. The van der Waals surface area contributed by atoms with Gasteiger partial charge in [-0.15, -0.1) is 0 Å². The van der Waals surface area contributed by atoms with Crippen LogP contribution in [0.5, 0.6) is 0 Å². The van der Waals surface area contributed by atoms with E-state index in [0.29, 0.717) is 22.5 Å². The molecular weight excluding hydrogens is 308 g/mol. The van der Waals surface area contributed by atoms with Gasteiger partial charge in [-0.3, -0.25) is 0 Å². The van der Waals surface area contributed by atoms with Gasteiger partial charge in [0.1, 0.15) is 22.7 Å². The fourth-order valence-corrected chi connectivity index (χ4v) is 3.63. The summed E-state index contributed by atoms with van der Waals surface area (Å²) in [7, 11) is 0. The molecule has 3 aromatic rings. The molecule has 0 aliphatic rings. The van der Waals surface area contributed by atoms with Crippen LogP contribution in [-0.2, 0) is 12.2 Å². The maximum atomic E-state index is 11.5. The molecule has 0 bridgehead atoms. The Morgan fingerprint density at radius 2 is 2.24 bits per heavy atom. The van der Waals surface area contributed by atoms with E-state index in [9.17, 15) is 9.90 Å². The number of carboxylic acid groups (broad SMARTS) is 1. The largest absolute Gasteiger partial charge is 0.478 e. The van der Waals surface area contributed by atoms with Crippen LogP contribution in [0.15, 0.2) is 33.0 Å². The molecule has 0 aliphatic carbocycles. The van der Waals surface area contributed by atoms with Crippen molar-refractivity contribution in [3.63, 3.8) is 0 Å². The number of fused-ring (bicyclic) bond motifs is 1. The van der Waals surface area contributed by atoms with Crippen LogP contribution in [0.2, 0.25) is 0 Å². The number of para-hydroxylation sites is 1. The first-order valence-corrected chi connectivity index (χ1v) is 8.14. The number of hydrogen-bond acceptors (Lipinski definition) is 6. The summed E-state index contributed by atoms with van der Waals surface area (Å²) in [6, 6.07) is 7.17. The van der Waals surface area contributed by atoms with Gasteiger partial charge < -0.3 is 9.52 Å². The van der Waals surface area contributed by atoms with E-state index in [4.69, 9.17) is 4.42 Å². The zero-order valence-electron chi connectivity index (χ0n) is 11.2. The van der Waals surface area contributed by atoms with Crippen molar-refractivity contribution in [2.24, 2.45) is 0 Å². The van der Waals surface area contributed by atoms with Crippen molar-refractivity contribution in [1.29, 1.82) is 0 Å². The number of hydrogen-bond donors (Lipinski definition) is 1. The number of carboxylic acids is 1. The Kier molecular flexibility index (Phi) is 3.94. The number of nitrogens with zero attached hydrogens (tertiary/aromatic N) is 2. The summed E-state index contributed by atoms with van der Waals surface area (Å²) in [6.45, 7) is 2.00. The van der Waals surface area contributed by atoms with E-state index >= 15 is 0 Å². The van der Waals surface area contributed by atoms with Crippen molar-refractivity contribution in [2.75, 3.05) is 0 Å². The molecule has 0 amide bonds. The van der Waals surface area contributed by atoms with Crippen LogP contribution in [0, 0.1) is 0 Å². The van der Waals surface area contributed by atoms with Crippen molar-refractivity contribution in [3.05, 3.63) is 41.4 Å². The second-order valence-corrected chi connectivity index (χ2v) is 6.29. The normalized spacial score (nSPS) is 11.1. The van der Waals surface area contributed by atoms with Crippen LogP contribution in [0.1, 0.15) is 28.9 Å². The highest BCUT2D eigenvalue weighted by Gasteiger charge is 2.20. The highest BCUT2D eigenvalue weighted by atomic mass is 32.2. The van der Waals surface area contributed by atoms with Gasteiger partial charge in [0.2, 0.25) is 0 Å². The molecule has 5 nitrogen and oxygen atoms in total. The average Bonchev–Trinajstić information content (AvgIpc) is 3.08. The van der Waals surface area contributed by atoms with Crippen molar-refractivity contribution >= 4 is 40.2 Å². The van der Waals surface area contributed by atoms with Crippen molar-refractivity contribution in [3.8, 4) is 0 Å². The monoisotopic (exact) mass is 320 g/mol. The molecule has 108 valence electrons. The Balaban J connectivity index is 1.89. The Morgan fingerprint density at radius 3 is 2.95 bits per heavy atom. The highest BCUT2D eigenvalue weighted by Crippen LogP contribution is 2.31. The maximum absolute atomic E-state index is 11.5. The number of aryl methyl sites for hydroxylation is 1. The van der Waals surface area contributed by atoms with Crippen molar-refractivity contribution in [2.45, 2.75) is 23.4 Å². The molecule has 0 saturated heterocycles. The van der Waals surface area contributed by atoms with Crippen LogP contribution in [0.3, 0.4) is 0 Å². The first-order valence-electron chi connectivity index (χ1n) is 6.38. The van der Waals surface area contributed by atoms with Crippen LogP contribution in [0.4, 0.5) is 0 Å². The van der Waals surface area contributed by atoms with Gasteiger partial charge in [0, 0.05) is 11.8 Å². The molecule has 7 heteroatoms. The van der Waals surface area contributed by atoms with Gasteiger partial charge in [-0.1, -0.05) is 36.9 Å². The standard InChI is InChI=1S/C14H12N2O3S2/c1-2-11-15-14(21-16-11)20-7-10-12(13(17)18)8-5-3-4-6-9(8)19-10/h3-6H,2,7H2,1H3,(H,17,18). The van der Waals surface area contributed by atoms with Gasteiger partial charge in [-0.05, 0) is 17.6 Å². The van der Waals surface area contributed by atoms with Gasteiger partial charge in [0.25, 0.3) is 0 Å². The van der Waals surface area contributed by atoms with E-state index in [-0.39, 0.29) is 5.56 Å². The zero-order valence-corrected chi connectivity index (χ0v) is 12.8. The lowest BCUT2D eigenvalue weighted by Gasteiger charge is -1.96. The van der Waals surface area contributed by atoms with Gasteiger partial charge in [0.15, 0.2) is 4.34 Å². The molecule has 0 unspecified atom stereocenters. The average molecular weight is 320 g/mol. The Bertz CT molecular complexity index is 794. The van der Waals surface area contributed by atoms with Crippen LogP contribution < -0.4 is 0 Å². The Hall–Kier alpha value is -1.86. The highest BCUT2D eigenvalue weighted by molar-refractivity contribution is 8.00. The molecule has 2 aromatic heterocycles. The zero-order chi connectivity index (χ0) is 14.8. The Morgan fingerprint density at radius 1 is 1.43 bits per heavy atom. The van der Waals surface area contributed by atoms with Gasteiger partial charge in [0.05, 0.1) is 5.75 Å². The van der Waals surface area contributed by atoms with Gasteiger partial charge in [-0.2, -0.15) is 4.37 Å². The molecular formula is C14H12N2O3S2. The number of thioether (sulfide) groups is 1. The molecule has 0 atom stereocenters. The van der Waals surface area contributed by atoms with E-state index in [1.165, 1.54) is 23.3 Å². The summed E-state index contributed by atoms with van der Waals surface area (Å²) in [5, 5.41) is 10.0. The minimum Gasteiger partial charge on any atom is -0.478 e. The number of aromatic carboxylic acids is 1. The third-order valence-corrected chi connectivity index (χ3v) is 4.85. The van der Waals surface area contributed by atoms with E-state index < -0.39 is 5.97 Å². The van der Waals surface area contributed by atoms with E-state index in [1.54, 1.807) is 18.2 Å². The predicted molar refractivity (Wildman–Crippen MR) is 82.0 cm³/mol. The second-order valence-electron chi connectivity index (χ2n) is 4.32. The smallest absolute Gasteiger partial charge is 0.339 e. The van der Waals surface area contributed by atoms with E-state index in [1.807, 2.05) is 13.0 Å². The van der Waals surface area contributed by atoms with E-state index in [0.717, 1.165) is 16.6 Å². The summed E-state index contributed by atoms with van der Waals surface area (Å²) in [5.74, 6) is 0.726. The lowest BCUT2D eigenvalue weighted by Crippen LogP contribution is -1.98. The van der Waals surface area contributed by atoms with Crippen LogP contribution >= 0.6 is 23.3 Å². The molecule has 0 aliphatic heterocycles. The number of benzene rings is 1. The lowest BCUT2D eigenvalue weighted by molar-refractivity contribution is 0.0697. The molecule has 0 radical (unpaired) electrons. The quantitative estimate of drug-likeness (QED) is 0.720. The van der Waals surface area contributed by atoms with Gasteiger partial charge in [-0.25, -0.2) is 9.78 Å². The summed E-state index contributed by atoms with van der Waals surface area (Å²) < 4.78 is 10.7. The predicted octanol–water partition coefficient (Wildman–Crippen LogP) is 3.84. The molecule has 1 N–H and O–H groups in total. The first-order chi connectivity index (χ1) is 10.2. The molecule has 0 saturated carbocycles. The SMILES string of the molecule is CCc1nsc(SCc2oc3ccccc3c2C(=O)O)n1. The third kappa shape index (κ3) is 2.79. The first kappa shape index (κ1) is 14.1. The molecule has 2 heterocycles. The molecule has 0 fully saturated rings. The summed E-state index contributed by atoms with van der Waals surface area (Å²) >= 11 is 2.77. The molecule has 0 spiro atoms. The lowest BCUT2D eigenvalue weighted by atomic mass is 10.1. The number of rotatable bonds is 5. The van der Waals surface area contributed by atoms with Gasteiger partial charge >= 0.3 is 5.97 Å². The number of carbonyl (C=O) groups is 1. The maximum Gasteiger partial charge on any atom is 0.339 e. The summed E-state index contributed by atoms with van der Waals surface area (Å²) in [6.07, 6.45) is 0.794. The molecule has 3 rings (SSSR count). The van der Waals surface area contributed by atoms with Crippen molar-refractivity contribution < 1.29 is 14.3 Å². The second kappa shape index (κ2) is 5.87. The third-order valence-electron chi connectivity index (χ3n) is 2.97. The number of furan rings is 1. The molecule has 1 aromatic carbocycles. The topological polar surface area (TPSA) is 76.2 Å². The van der Waals surface area contributed by atoms with Crippen LogP contribution in [-0.4, -0.2) is 20.4 Å². The minimum absolute atomic E-state index is 0.235. The minimum atomic E-state index is -0.970. The fraction of sp³-hybridized carbons (Fsp3) is 0.214.